The van der Waals surface area contributed by atoms with Crippen LogP contribution in [0.2, 0.25) is 0 Å². The Hall–Kier alpha value is -5.02. The zero-order valence-electron chi connectivity index (χ0n) is 18.4. The lowest BCUT2D eigenvalue weighted by Crippen LogP contribution is -2.16. The van der Waals surface area contributed by atoms with Gasteiger partial charge in [-0.3, -0.25) is 29.8 Å². The third-order valence-electron chi connectivity index (χ3n) is 4.92. The zero-order chi connectivity index (χ0) is 28.4. The molecule has 0 radical (unpaired) electrons. The first-order chi connectivity index (χ1) is 17.6. The second-order valence-corrected chi connectivity index (χ2v) is 7.46. The molecule has 0 aromatic heterocycles. The summed E-state index contributed by atoms with van der Waals surface area (Å²) < 4.78 is 78.7. The first kappa shape index (κ1) is 27.6. The second-order valence-electron chi connectivity index (χ2n) is 7.46. The number of alkyl halides is 6. The Morgan fingerprint density at radius 2 is 0.921 bits per heavy atom. The molecule has 10 nitrogen and oxygen atoms in total. The molecule has 0 saturated carbocycles. The summed E-state index contributed by atoms with van der Waals surface area (Å²) in [5.41, 5.74) is -6.63. The standard InChI is InChI=1S/C22H12F6N4O6/c23-21(24,25)15-9-13(5-7-17(15)31(35)36)29-19(33)11-1-2-12(4-3-11)20(34)30-14-6-8-18(32(37)38)16(10-14)22(26,27)28/h1-10H,(H,29,33)(H,30,34). The Labute approximate surface area is 207 Å². The molecule has 0 saturated heterocycles. The normalized spacial score (nSPS) is 11.5. The van der Waals surface area contributed by atoms with Crippen LogP contribution in [0.3, 0.4) is 0 Å². The van der Waals surface area contributed by atoms with Crippen molar-refractivity contribution in [1.29, 1.82) is 0 Å². The smallest absolute Gasteiger partial charge is 0.322 e. The van der Waals surface area contributed by atoms with Gasteiger partial charge in [0.1, 0.15) is 11.1 Å². The van der Waals surface area contributed by atoms with Crippen LogP contribution < -0.4 is 10.6 Å². The average molecular weight is 542 g/mol. The summed E-state index contributed by atoms with van der Waals surface area (Å²) in [7, 11) is 0. The van der Waals surface area contributed by atoms with Crippen molar-refractivity contribution >= 4 is 34.6 Å². The highest BCUT2D eigenvalue weighted by molar-refractivity contribution is 6.07. The Balaban J connectivity index is 1.76. The minimum Gasteiger partial charge on any atom is -0.322 e. The first-order valence-electron chi connectivity index (χ1n) is 10.0. The molecule has 0 aliphatic carbocycles. The van der Waals surface area contributed by atoms with E-state index in [4.69, 9.17) is 0 Å². The SMILES string of the molecule is O=C(Nc1ccc([N+](=O)[O-])c(C(F)(F)F)c1)c1ccc(C(=O)Nc2ccc([N+](=O)[O-])c(C(F)(F)F)c2)cc1. The van der Waals surface area contributed by atoms with Gasteiger partial charge >= 0.3 is 12.4 Å². The quantitative estimate of drug-likeness (QED) is 0.221. The van der Waals surface area contributed by atoms with Crippen molar-refractivity contribution in [2.75, 3.05) is 10.6 Å². The van der Waals surface area contributed by atoms with Gasteiger partial charge < -0.3 is 10.6 Å². The fourth-order valence-electron chi connectivity index (χ4n) is 3.18. The summed E-state index contributed by atoms with van der Waals surface area (Å²) in [5, 5.41) is 25.9. The minimum atomic E-state index is -5.07. The Bertz CT molecular complexity index is 1330. The van der Waals surface area contributed by atoms with E-state index < -0.39 is 67.9 Å². The number of nitrogens with zero attached hydrogens (tertiary/aromatic N) is 2. The third kappa shape index (κ3) is 6.21. The van der Waals surface area contributed by atoms with Gasteiger partial charge in [0.25, 0.3) is 23.2 Å². The van der Waals surface area contributed by atoms with Crippen LogP contribution in [0.25, 0.3) is 0 Å². The topological polar surface area (TPSA) is 144 Å². The molecule has 2 N–H and O–H groups in total. The molecule has 0 fully saturated rings. The largest absolute Gasteiger partial charge is 0.423 e. The number of hydrogen-bond donors (Lipinski definition) is 2. The number of carbonyl (C=O) groups excluding carboxylic acids is 2. The van der Waals surface area contributed by atoms with Crippen LogP contribution in [0.1, 0.15) is 31.8 Å². The summed E-state index contributed by atoms with van der Waals surface area (Å²) >= 11 is 0. The molecule has 3 aromatic rings. The van der Waals surface area contributed by atoms with E-state index in [9.17, 15) is 56.2 Å². The molecule has 0 unspecified atom stereocenters. The number of nitrogens with one attached hydrogen (secondary N) is 2. The molecular weight excluding hydrogens is 530 g/mol. The molecule has 0 aliphatic heterocycles. The van der Waals surface area contributed by atoms with Crippen molar-refractivity contribution in [3.8, 4) is 0 Å². The molecule has 16 heteroatoms. The number of carbonyl (C=O) groups is 2. The predicted molar refractivity (Wildman–Crippen MR) is 119 cm³/mol. The van der Waals surface area contributed by atoms with Crippen molar-refractivity contribution in [3.63, 3.8) is 0 Å². The van der Waals surface area contributed by atoms with Crippen molar-refractivity contribution < 1.29 is 45.8 Å². The van der Waals surface area contributed by atoms with Gasteiger partial charge in [-0.25, -0.2) is 0 Å². The van der Waals surface area contributed by atoms with Crippen molar-refractivity contribution in [1.82, 2.24) is 0 Å². The molecule has 2 amide bonds. The first-order valence-corrected chi connectivity index (χ1v) is 10.0. The fraction of sp³-hybridized carbons (Fsp3) is 0.0909. The summed E-state index contributed by atoms with van der Waals surface area (Å²) in [5.74, 6) is -1.85. The van der Waals surface area contributed by atoms with E-state index in [-0.39, 0.29) is 11.1 Å². The van der Waals surface area contributed by atoms with E-state index in [1.165, 1.54) is 0 Å². The average Bonchev–Trinajstić information content (AvgIpc) is 2.82. The molecule has 198 valence electrons. The summed E-state index contributed by atoms with van der Waals surface area (Å²) in [4.78, 5) is 44.0. The summed E-state index contributed by atoms with van der Waals surface area (Å²) in [6.07, 6.45) is -10.1. The number of rotatable bonds is 6. The number of hydrogen-bond acceptors (Lipinski definition) is 6. The number of benzene rings is 3. The van der Waals surface area contributed by atoms with E-state index in [2.05, 4.69) is 10.6 Å². The van der Waals surface area contributed by atoms with Gasteiger partial charge in [-0.1, -0.05) is 0 Å². The van der Waals surface area contributed by atoms with Crippen LogP contribution in [-0.4, -0.2) is 21.7 Å². The van der Waals surface area contributed by atoms with Crippen molar-refractivity contribution in [2.45, 2.75) is 12.4 Å². The fourth-order valence-corrected chi connectivity index (χ4v) is 3.18. The molecule has 3 aromatic carbocycles. The predicted octanol–water partition coefficient (Wildman–Crippen LogP) is 6.05. The van der Waals surface area contributed by atoms with E-state index in [1.807, 2.05) is 0 Å². The molecule has 0 bridgehead atoms. The molecule has 0 spiro atoms. The van der Waals surface area contributed by atoms with Gasteiger partial charge in [0.05, 0.1) is 9.85 Å². The van der Waals surface area contributed by atoms with Gasteiger partial charge in [-0.05, 0) is 48.5 Å². The van der Waals surface area contributed by atoms with Gasteiger partial charge in [-0.15, -0.1) is 0 Å². The molecule has 38 heavy (non-hydrogen) atoms. The lowest BCUT2D eigenvalue weighted by molar-refractivity contribution is -0.388. The monoisotopic (exact) mass is 542 g/mol. The Kier molecular flexibility index (Phi) is 7.37. The molecular formula is C22H12F6N4O6. The summed E-state index contributed by atoms with van der Waals surface area (Å²) in [6, 6.07) is 8.10. The molecule has 0 atom stereocenters. The van der Waals surface area contributed by atoms with Crippen LogP contribution in [0.15, 0.2) is 60.7 Å². The van der Waals surface area contributed by atoms with Crippen LogP contribution >= 0.6 is 0 Å². The number of halogens is 6. The number of nitro groups is 2. The van der Waals surface area contributed by atoms with Gasteiger partial charge in [-0.2, -0.15) is 26.3 Å². The van der Waals surface area contributed by atoms with E-state index in [0.717, 1.165) is 36.4 Å². The van der Waals surface area contributed by atoms with Gasteiger partial charge in [0, 0.05) is 34.6 Å². The maximum atomic E-state index is 13.1. The maximum Gasteiger partial charge on any atom is 0.423 e. The lowest BCUT2D eigenvalue weighted by Gasteiger charge is -2.11. The number of anilines is 2. The zero-order valence-corrected chi connectivity index (χ0v) is 18.4. The van der Waals surface area contributed by atoms with Crippen LogP contribution in [0.4, 0.5) is 49.1 Å². The van der Waals surface area contributed by atoms with E-state index >= 15 is 0 Å². The Morgan fingerprint density at radius 1 is 0.605 bits per heavy atom. The third-order valence-corrected chi connectivity index (χ3v) is 4.92. The highest BCUT2D eigenvalue weighted by Crippen LogP contribution is 2.38. The van der Waals surface area contributed by atoms with Crippen molar-refractivity contribution in [2.24, 2.45) is 0 Å². The van der Waals surface area contributed by atoms with Crippen LogP contribution in [0, 0.1) is 20.2 Å². The van der Waals surface area contributed by atoms with E-state index in [0.29, 0.717) is 24.3 Å². The number of nitro benzene ring substituents is 2. The second kappa shape index (κ2) is 10.2. The maximum absolute atomic E-state index is 13.1. The minimum absolute atomic E-state index is 0.136. The molecule has 0 heterocycles. The number of amides is 2. The van der Waals surface area contributed by atoms with Crippen LogP contribution in [-0.2, 0) is 12.4 Å². The van der Waals surface area contributed by atoms with Gasteiger partial charge in [0.2, 0.25) is 0 Å². The van der Waals surface area contributed by atoms with Crippen molar-refractivity contribution in [3.05, 3.63) is 103 Å². The van der Waals surface area contributed by atoms with Crippen LogP contribution in [0.5, 0.6) is 0 Å². The highest BCUT2D eigenvalue weighted by Gasteiger charge is 2.39. The molecule has 3 rings (SSSR count). The van der Waals surface area contributed by atoms with Gasteiger partial charge in [0.15, 0.2) is 0 Å². The lowest BCUT2D eigenvalue weighted by atomic mass is 10.1. The summed E-state index contributed by atoms with van der Waals surface area (Å²) in [6.45, 7) is 0. The molecule has 0 aliphatic rings. The highest BCUT2D eigenvalue weighted by atomic mass is 19.4. The Morgan fingerprint density at radius 3 is 1.18 bits per heavy atom. The van der Waals surface area contributed by atoms with E-state index in [1.54, 1.807) is 0 Å².